The first kappa shape index (κ1) is 33.3. The van der Waals surface area contributed by atoms with Crippen LogP contribution < -0.4 is 24.8 Å². The number of ether oxygens (including phenoxy) is 5. The van der Waals surface area contributed by atoms with Crippen molar-refractivity contribution in [2.45, 2.75) is 57.8 Å². The molecule has 2 aliphatic heterocycles. The molecule has 3 heterocycles. The lowest BCUT2D eigenvalue weighted by Gasteiger charge is -2.36. The van der Waals surface area contributed by atoms with Gasteiger partial charge in [0.05, 0.1) is 53.6 Å². The Morgan fingerprint density at radius 3 is 2.67 bits per heavy atom. The maximum Gasteiger partial charge on any atom is 0.325 e. The van der Waals surface area contributed by atoms with E-state index >= 15 is 0 Å². The predicted octanol–water partition coefficient (Wildman–Crippen LogP) is 5.63. The molecule has 0 aliphatic carbocycles. The molecular formula is C32H41Cl2N5O6. The highest BCUT2D eigenvalue weighted by molar-refractivity contribution is 6.37. The summed E-state index contributed by atoms with van der Waals surface area (Å²) in [5.74, 6) is 2.02. The van der Waals surface area contributed by atoms with E-state index in [0.29, 0.717) is 82.6 Å². The van der Waals surface area contributed by atoms with E-state index in [1.165, 1.54) is 6.33 Å². The van der Waals surface area contributed by atoms with Crippen molar-refractivity contribution in [1.29, 1.82) is 0 Å². The van der Waals surface area contributed by atoms with Gasteiger partial charge in [-0.15, -0.1) is 0 Å². The van der Waals surface area contributed by atoms with Gasteiger partial charge in [0.25, 0.3) is 0 Å². The van der Waals surface area contributed by atoms with Gasteiger partial charge in [0.2, 0.25) is 0 Å². The van der Waals surface area contributed by atoms with Crippen molar-refractivity contribution < 1.29 is 28.5 Å². The number of hydrogen-bond acceptors (Lipinski definition) is 11. The third kappa shape index (κ3) is 8.80. The predicted molar refractivity (Wildman–Crippen MR) is 174 cm³/mol. The number of methoxy groups -OCH3 is 1. The molecule has 13 heteroatoms. The second-order valence-corrected chi connectivity index (χ2v) is 12.9. The molecule has 0 spiro atoms. The Morgan fingerprint density at radius 2 is 1.91 bits per heavy atom. The number of esters is 1. The van der Waals surface area contributed by atoms with Crippen LogP contribution in [0.1, 0.15) is 40.0 Å². The van der Waals surface area contributed by atoms with E-state index in [2.05, 4.69) is 25.5 Å². The number of nitrogens with zero attached hydrogens (tertiary/aromatic N) is 3. The molecule has 0 bridgehead atoms. The zero-order valence-electron chi connectivity index (χ0n) is 26.2. The number of piperazine rings is 1. The summed E-state index contributed by atoms with van der Waals surface area (Å²) in [5, 5.41) is 8.13. The molecule has 244 valence electrons. The molecule has 1 unspecified atom stereocenters. The number of rotatable bonds is 11. The highest BCUT2D eigenvalue weighted by Crippen LogP contribution is 2.40. The highest BCUT2D eigenvalue weighted by atomic mass is 35.5. The Bertz CT molecular complexity index is 1480. The van der Waals surface area contributed by atoms with Gasteiger partial charge < -0.3 is 34.3 Å². The number of carbonyl (C=O) groups is 1. The first-order valence-corrected chi connectivity index (χ1v) is 16.0. The van der Waals surface area contributed by atoms with Gasteiger partial charge in [-0.1, -0.05) is 23.2 Å². The first-order chi connectivity index (χ1) is 21.6. The maximum atomic E-state index is 12.8. The number of hydrogen-bond donors (Lipinski definition) is 2. The van der Waals surface area contributed by atoms with Crippen LogP contribution in [0.3, 0.4) is 0 Å². The van der Waals surface area contributed by atoms with Crippen LogP contribution >= 0.6 is 23.2 Å². The summed E-state index contributed by atoms with van der Waals surface area (Å²) in [4.78, 5) is 24.1. The number of carbonyl (C=O) groups excluding carboxylic acids is 1. The minimum absolute atomic E-state index is 0.0260. The molecule has 2 saturated heterocycles. The Labute approximate surface area is 273 Å². The van der Waals surface area contributed by atoms with Crippen LogP contribution in [0.15, 0.2) is 30.6 Å². The minimum Gasteiger partial charge on any atom is -0.495 e. The summed E-state index contributed by atoms with van der Waals surface area (Å²) < 4.78 is 29.4. The summed E-state index contributed by atoms with van der Waals surface area (Å²) in [7, 11) is 1.55. The number of nitrogens with one attached hydrogen (secondary N) is 2. The van der Waals surface area contributed by atoms with Crippen molar-refractivity contribution in [3.05, 3.63) is 40.6 Å². The van der Waals surface area contributed by atoms with Crippen molar-refractivity contribution in [1.82, 2.24) is 20.2 Å². The third-order valence-corrected chi connectivity index (χ3v) is 8.13. The number of anilines is 2. The maximum absolute atomic E-state index is 12.8. The van der Waals surface area contributed by atoms with Crippen LogP contribution in [0.5, 0.6) is 17.2 Å². The van der Waals surface area contributed by atoms with Crippen molar-refractivity contribution in [3.8, 4) is 17.2 Å². The Hall–Kier alpha value is -3.09. The van der Waals surface area contributed by atoms with E-state index in [9.17, 15) is 4.79 Å². The van der Waals surface area contributed by atoms with E-state index < -0.39 is 5.60 Å². The molecule has 0 saturated carbocycles. The van der Waals surface area contributed by atoms with Gasteiger partial charge in [0, 0.05) is 57.2 Å². The fourth-order valence-electron chi connectivity index (χ4n) is 5.36. The molecule has 45 heavy (non-hydrogen) atoms. The van der Waals surface area contributed by atoms with Crippen molar-refractivity contribution in [2.24, 2.45) is 0 Å². The Kier molecular flexibility index (Phi) is 11.1. The van der Waals surface area contributed by atoms with Gasteiger partial charge in [0.15, 0.2) is 0 Å². The van der Waals surface area contributed by atoms with E-state index in [0.717, 1.165) is 32.4 Å². The molecule has 2 aliphatic rings. The Morgan fingerprint density at radius 1 is 1.11 bits per heavy atom. The van der Waals surface area contributed by atoms with Crippen LogP contribution in [0.2, 0.25) is 10.0 Å². The summed E-state index contributed by atoms with van der Waals surface area (Å²) in [5.41, 5.74) is 0.695. The topological polar surface area (TPSA) is 116 Å². The van der Waals surface area contributed by atoms with Gasteiger partial charge in [-0.25, -0.2) is 9.97 Å². The fourth-order valence-corrected chi connectivity index (χ4v) is 5.86. The normalized spacial score (nSPS) is 18.0. The number of fused-ring (bicyclic) bond motifs is 1. The smallest absolute Gasteiger partial charge is 0.325 e. The summed E-state index contributed by atoms with van der Waals surface area (Å²) in [6, 6.07) is 6.77. The van der Waals surface area contributed by atoms with Crippen molar-refractivity contribution in [2.75, 3.05) is 58.4 Å². The SMILES string of the molecule is COc1cc(Nc2ncnc3cc(OCCCN4CCNCC4C(=O)OC(C)(C)C)cc(OC4CCOCC4)c23)c(Cl)cc1Cl. The Balaban J connectivity index is 1.34. The second kappa shape index (κ2) is 15.0. The van der Waals surface area contributed by atoms with Crippen molar-refractivity contribution >= 4 is 51.6 Å². The van der Waals surface area contributed by atoms with E-state index in [1.54, 1.807) is 19.2 Å². The zero-order valence-corrected chi connectivity index (χ0v) is 27.7. The van der Waals surface area contributed by atoms with Gasteiger partial charge in [-0.2, -0.15) is 0 Å². The quantitative estimate of drug-likeness (QED) is 0.197. The van der Waals surface area contributed by atoms with Crippen LogP contribution in [-0.4, -0.2) is 91.7 Å². The van der Waals surface area contributed by atoms with E-state index in [4.69, 9.17) is 46.9 Å². The standard InChI is InChI=1S/C32H41Cl2N5O6/c1-32(2,3)45-31(40)26-18-35-8-10-39(26)9-5-11-43-21-14-25-29(28(15-21)44-20-6-12-42-13-7-20)30(37-19-36-25)38-24-17-27(41-4)23(34)16-22(24)33/h14-17,19-20,26,35H,5-13,18H2,1-4H3,(H,36,37,38). The minimum atomic E-state index is -0.531. The number of aromatic nitrogens is 2. The average molecular weight is 663 g/mol. The molecule has 2 fully saturated rings. The largest absolute Gasteiger partial charge is 0.495 e. The monoisotopic (exact) mass is 661 g/mol. The number of benzene rings is 2. The highest BCUT2D eigenvalue weighted by Gasteiger charge is 2.32. The molecule has 0 amide bonds. The molecule has 1 atom stereocenters. The fraction of sp³-hybridized carbons (Fsp3) is 0.531. The van der Waals surface area contributed by atoms with E-state index in [-0.39, 0.29) is 18.1 Å². The molecular weight excluding hydrogens is 621 g/mol. The second-order valence-electron chi connectivity index (χ2n) is 12.1. The zero-order chi connectivity index (χ0) is 32.0. The van der Waals surface area contributed by atoms with Crippen LogP contribution in [0.25, 0.3) is 10.9 Å². The lowest BCUT2D eigenvalue weighted by Crippen LogP contribution is -2.56. The van der Waals surface area contributed by atoms with Crippen LogP contribution in [0.4, 0.5) is 11.5 Å². The van der Waals surface area contributed by atoms with Gasteiger partial charge in [-0.05, 0) is 33.3 Å². The molecule has 2 N–H and O–H groups in total. The lowest BCUT2D eigenvalue weighted by molar-refractivity contribution is -0.162. The molecule has 5 rings (SSSR count). The molecule has 3 aromatic rings. The van der Waals surface area contributed by atoms with Gasteiger partial charge in [-0.3, -0.25) is 9.69 Å². The molecule has 2 aromatic carbocycles. The lowest BCUT2D eigenvalue weighted by atomic mass is 10.1. The van der Waals surface area contributed by atoms with Gasteiger partial charge >= 0.3 is 5.97 Å². The first-order valence-electron chi connectivity index (χ1n) is 15.2. The number of halogens is 2. The average Bonchev–Trinajstić information content (AvgIpc) is 3.00. The molecule has 0 radical (unpaired) electrons. The van der Waals surface area contributed by atoms with E-state index in [1.807, 2.05) is 32.9 Å². The molecule has 1 aromatic heterocycles. The summed E-state index contributed by atoms with van der Waals surface area (Å²) in [6.45, 7) is 10.2. The summed E-state index contributed by atoms with van der Waals surface area (Å²) >= 11 is 12.8. The molecule has 11 nitrogen and oxygen atoms in total. The van der Waals surface area contributed by atoms with Crippen LogP contribution in [-0.2, 0) is 14.3 Å². The third-order valence-electron chi connectivity index (χ3n) is 7.52. The van der Waals surface area contributed by atoms with Crippen molar-refractivity contribution in [3.63, 3.8) is 0 Å². The van der Waals surface area contributed by atoms with Gasteiger partial charge in [0.1, 0.15) is 47.1 Å². The summed E-state index contributed by atoms with van der Waals surface area (Å²) in [6.07, 6.45) is 3.72. The van der Waals surface area contributed by atoms with Crippen LogP contribution in [0, 0.1) is 0 Å².